The van der Waals surface area contributed by atoms with E-state index in [0.717, 1.165) is 44.9 Å². The van der Waals surface area contributed by atoms with Gasteiger partial charge in [-0.05, 0) is 51.9 Å². The fourth-order valence-electron chi connectivity index (χ4n) is 2.86. The van der Waals surface area contributed by atoms with Gasteiger partial charge in [0.15, 0.2) is 5.89 Å². The van der Waals surface area contributed by atoms with E-state index in [9.17, 15) is 0 Å². The molecular weight excluding hydrogens is 214 g/mol. The van der Waals surface area contributed by atoms with E-state index in [1.54, 1.807) is 0 Å². The molecule has 0 atom stereocenters. The summed E-state index contributed by atoms with van der Waals surface area (Å²) in [7, 11) is 0. The Labute approximate surface area is 102 Å². The van der Waals surface area contributed by atoms with Gasteiger partial charge < -0.3 is 15.1 Å². The minimum absolute atomic E-state index is 0.534. The lowest BCUT2D eigenvalue weighted by atomic mass is 9.95. The Kier molecular flexibility index (Phi) is 3.43. The molecule has 2 aliphatic heterocycles. The van der Waals surface area contributed by atoms with E-state index in [2.05, 4.69) is 10.6 Å². The van der Waals surface area contributed by atoms with E-state index < -0.39 is 0 Å². The van der Waals surface area contributed by atoms with Crippen LogP contribution >= 0.6 is 0 Å². The number of rotatable bonds is 2. The number of nitrogens with zero attached hydrogens (tertiary/aromatic N) is 1. The van der Waals surface area contributed by atoms with Crippen LogP contribution in [0.3, 0.4) is 0 Å². The molecule has 0 radical (unpaired) electrons. The summed E-state index contributed by atoms with van der Waals surface area (Å²) in [5.41, 5.74) is 1.18. The van der Waals surface area contributed by atoms with E-state index in [1.165, 1.54) is 18.5 Å². The molecule has 1 aromatic heterocycles. The maximum Gasteiger partial charge on any atom is 0.197 e. The summed E-state index contributed by atoms with van der Waals surface area (Å²) in [6, 6.07) is 0. The molecule has 1 aromatic rings. The first-order valence-corrected chi connectivity index (χ1v) is 6.80. The van der Waals surface area contributed by atoms with Crippen LogP contribution in [0.5, 0.6) is 0 Å². The zero-order valence-corrected chi connectivity index (χ0v) is 10.2. The molecular formula is C13H21N3O. The average molecular weight is 235 g/mol. The largest absolute Gasteiger partial charge is 0.448 e. The first-order chi connectivity index (χ1) is 8.43. The molecule has 4 heteroatoms. The highest BCUT2D eigenvalue weighted by atomic mass is 16.3. The van der Waals surface area contributed by atoms with Gasteiger partial charge in [0.1, 0.15) is 6.26 Å². The lowest BCUT2D eigenvalue weighted by Crippen LogP contribution is -2.27. The Morgan fingerprint density at radius 3 is 2.18 bits per heavy atom. The number of piperidine rings is 2. The van der Waals surface area contributed by atoms with Crippen molar-refractivity contribution in [2.75, 3.05) is 26.2 Å². The Hall–Kier alpha value is -0.870. The highest BCUT2D eigenvalue weighted by Crippen LogP contribution is 2.29. The van der Waals surface area contributed by atoms with E-state index in [4.69, 9.17) is 9.40 Å². The predicted octanol–water partition coefficient (Wildman–Crippen LogP) is 1.61. The monoisotopic (exact) mass is 235 g/mol. The summed E-state index contributed by atoms with van der Waals surface area (Å²) in [5.74, 6) is 2.11. The summed E-state index contributed by atoms with van der Waals surface area (Å²) in [6.07, 6.45) is 6.60. The zero-order chi connectivity index (χ0) is 11.5. The van der Waals surface area contributed by atoms with Crippen LogP contribution in [0.1, 0.15) is 49.1 Å². The fraction of sp³-hybridized carbons (Fsp3) is 0.769. The third-order valence-electron chi connectivity index (χ3n) is 3.99. The number of aromatic nitrogens is 1. The van der Waals surface area contributed by atoms with Crippen molar-refractivity contribution < 1.29 is 4.42 Å². The van der Waals surface area contributed by atoms with Gasteiger partial charge in [0, 0.05) is 11.8 Å². The lowest BCUT2D eigenvalue weighted by Gasteiger charge is -2.21. The van der Waals surface area contributed by atoms with Crippen LogP contribution in [0.4, 0.5) is 0 Å². The van der Waals surface area contributed by atoms with Crippen molar-refractivity contribution in [2.24, 2.45) is 0 Å². The van der Waals surface area contributed by atoms with Gasteiger partial charge in [0.05, 0.1) is 5.69 Å². The predicted molar refractivity (Wildman–Crippen MR) is 66.2 cm³/mol. The molecule has 0 amide bonds. The fourth-order valence-corrected chi connectivity index (χ4v) is 2.86. The van der Waals surface area contributed by atoms with E-state index in [0.29, 0.717) is 11.8 Å². The second-order valence-corrected chi connectivity index (χ2v) is 5.16. The number of hydrogen-bond donors (Lipinski definition) is 2. The smallest absolute Gasteiger partial charge is 0.197 e. The number of nitrogens with one attached hydrogen (secondary N) is 2. The highest BCUT2D eigenvalue weighted by Gasteiger charge is 2.23. The normalized spacial score (nSPS) is 24.0. The molecule has 2 N–H and O–H groups in total. The molecule has 0 bridgehead atoms. The first-order valence-electron chi connectivity index (χ1n) is 6.80. The Balaban J connectivity index is 1.68. The highest BCUT2D eigenvalue weighted by molar-refractivity contribution is 5.08. The van der Waals surface area contributed by atoms with Gasteiger partial charge in [-0.25, -0.2) is 4.98 Å². The van der Waals surface area contributed by atoms with E-state index in [-0.39, 0.29) is 0 Å². The topological polar surface area (TPSA) is 50.1 Å². The van der Waals surface area contributed by atoms with Gasteiger partial charge in [-0.3, -0.25) is 0 Å². The van der Waals surface area contributed by atoms with E-state index >= 15 is 0 Å². The molecule has 0 aliphatic carbocycles. The Morgan fingerprint density at radius 1 is 0.941 bits per heavy atom. The van der Waals surface area contributed by atoms with Crippen molar-refractivity contribution in [3.63, 3.8) is 0 Å². The molecule has 2 aliphatic rings. The summed E-state index contributed by atoms with van der Waals surface area (Å²) in [5, 5.41) is 6.76. The van der Waals surface area contributed by atoms with Gasteiger partial charge >= 0.3 is 0 Å². The minimum Gasteiger partial charge on any atom is -0.448 e. The van der Waals surface area contributed by atoms with Crippen LogP contribution in [0, 0.1) is 0 Å². The lowest BCUT2D eigenvalue weighted by molar-refractivity contribution is 0.374. The minimum atomic E-state index is 0.534. The van der Waals surface area contributed by atoms with Crippen molar-refractivity contribution >= 4 is 0 Å². The number of hydrogen-bond acceptors (Lipinski definition) is 4. The molecule has 3 rings (SSSR count). The standard InChI is InChI=1S/C13H21N3O/c1-5-14-6-2-10(1)12-9-17-13(16-12)11-3-7-15-8-4-11/h9-11,14-15H,1-8H2. The second kappa shape index (κ2) is 5.19. The Bertz CT molecular complexity index is 319. The van der Waals surface area contributed by atoms with Gasteiger partial charge in [-0.2, -0.15) is 0 Å². The van der Waals surface area contributed by atoms with Gasteiger partial charge in [0.2, 0.25) is 0 Å². The summed E-state index contributed by atoms with van der Waals surface area (Å²) in [4.78, 5) is 4.74. The molecule has 17 heavy (non-hydrogen) atoms. The van der Waals surface area contributed by atoms with Crippen molar-refractivity contribution in [3.8, 4) is 0 Å². The van der Waals surface area contributed by atoms with Gasteiger partial charge in [-0.15, -0.1) is 0 Å². The molecule has 0 spiro atoms. The first kappa shape index (κ1) is 11.2. The third-order valence-corrected chi connectivity index (χ3v) is 3.99. The average Bonchev–Trinajstić information content (AvgIpc) is 2.90. The zero-order valence-electron chi connectivity index (χ0n) is 10.2. The third kappa shape index (κ3) is 2.53. The molecule has 3 heterocycles. The number of oxazole rings is 1. The van der Waals surface area contributed by atoms with Crippen LogP contribution in [0.25, 0.3) is 0 Å². The summed E-state index contributed by atoms with van der Waals surface area (Å²) < 4.78 is 5.70. The van der Waals surface area contributed by atoms with Crippen LogP contribution < -0.4 is 10.6 Å². The molecule has 2 fully saturated rings. The molecule has 94 valence electrons. The van der Waals surface area contributed by atoms with Crippen LogP contribution in [-0.2, 0) is 0 Å². The summed E-state index contributed by atoms with van der Waals surface area (Å²) >= 11 is 0. The van der Waals surface area contributed by atoms with Gasteiger partial charge in [-0.1, -0.05) is 0 Å². The van der Waals surface area contributed by atoms with Crippen molar-refractivity contribution in [1.82, 2.24) is 15.6 Å². The Morgan fingerprint density at radius 2 is 1.53 bits per heavy atom. The molecule has 0 saturated carbocycles. The molecule has 2 saturated heterocycles. The van der Waals surface area contributed by atoms with Crippen molar-refractivity contribution in [3.05, 3.63) is 17.8 Å². The summed E-state index contributed by atoms with van der Waals surface area (Å²) in [6.45, 7) is 4.41. The van der Waals surface area contributed by atoms with Crippen LogP contribution in [0.15, 0.2) is 10.7 Å². The SMILES string of the molecule is c1oc(C2CCNCC2)nc1C1CCNCC1. The van der Waals surface area contributed by atoms with E-state index in [1.807, 2.05) is 6.26 Å². The van der Waals surface area contributed by atoms with Crippen molar-refractivity contribution in [2.45, 2.75) is 37.5 Å². The maximum atomic E-state index is 5.70. The van der Waals surface area contributed by atoms with Crippen molar-refractivity contribution in [1.29, 1.82) is 0 Å². The molecule has 0 unspecified atom stereocenters. The quantitative estimate of drug-likeness (QED) is 0.817. The van der Waals surface area contributed by atoms with Gasteiger partial charge in [0.25, 0.3) is 0 Å². The maximum absolute atomic E-state index is 5.70. The molecule has 4 nitrogen and oxygen atoms in total. The second-order valence-electron chi connectivity index (χ2n) is 5.16. The molecule has 0 aromatic carbocycles. The van der Waals surface area contributed by atoms with Crippen LogP contribution in [-0.4, -0.2) is 31.2 Å². The van der Waals surface area contributed by atoms with Crippen LogP contribution in [0.2, 0.25) is 0 Å².